The highest BCUT2D eigenvalue weighted by atomic mass is 16.2. The van der Waals surface area contributed by atoms with Crippen LogP contribution in [0, 0.1) is 12.8 Å². The Morgan fingerprint density at radius 2 is 1.79 bits per heavy atom. The molecule has 0 N–H and O–H groups in total. The van der Waals surface area contributed by atoms with Crippen molar-refractivity contribution >= 4 is 16.8 Å². The molecule has 3 heterocycles. The molecule has 5 nitrogen and oxygen atoms in total. The molecule has 5 rings (SSSR count). The molecular weight excluding hydrogens is 408 g/mol. The quantitative estimate of drug-likeness (QED) is 0.426. The SMILES string of the molecule is Cc1nccn1Cc1ccccc1C(=O)N1CCC[C@@H](Cc2ccnc3ccccc23)CC1. The predicted octanol–water partition coefficient (Wildman–Crippen LogP) is 5.27. The number of nitrogens with zero attached hydrogens (tertiary/aromatic N) is 4. The summed E-state index contributed by atoms with van der Waals surface area (Å²) in [7, 11) is 0. The molecular formula is C28H30N4O. The summed E-state index contributed by atoms with van der Waals surface area (Å²) in [4.78, 5) is 24.4. The Balaban J connectivity index is 1.29. The van der Waals surface area contributed by atoms with Gasteiger partial charge in [0.05, 0.1) is 5.52 Å². The van der Waals surface area contributed by atoms with Crippen molar-refractivity contribution in [2.45, 2.75) is 39.2 Å². The van der Waals surface area contributed by atoms with Crippen molar-refractivity contribution in [1.82, 2.24) is 19.4 Å². The molecule has 1 aliphatic heterocycles. The van der Waals surface area contributed by atoms with Crippen LogP contribution in [0.4, 0.5) is 0 Å². The summed E-state index contributed by atoms with van der Waals surface area (Å²) in [6.45, 7) is 4.29. The number of aromatic nitrogens is 3. The van der Waals surface area contributed by atoms with E-state index >= 15 is 0 Å². The Bertz CT molecular complexity index is 1260. The van der Waals surface area contributed by atoms with Gasteiger partial charge in [0, 0.05) is 49.2 Å². The molecule has 0 saturated carbocycles. The van der Waals surface area contributed by atoms with E-state index in [1.807, 2.05) is 43.6 Å². The lowest BCUT2D eigenvalue weighted by molar-refractivity contribution is 0.0758. The lowest BCUT2D eigenvalue weighted by Crippen LogP contribution is -2.33. The predicted molar refractivity (Wildman–Crippen MR) is 131 cm³/mol. The van der Waals surface area contributed by atoms with Crippen LogP contribution >= 0.6 is 0 Å². The lowest BCUT2D eigenvalue weighted by atomic mass is 9.91. The van der Waals surface area contributed by atoms with Gasteiger partial charge in [-0.25, -0.2) is 4.98 Å². The lowest BCUT2D eigenvalue weighted by Gasteiger charge is -2.22. The van der Waals surface area contributed by atoms with Gasteiger partial charge in [0.2, 0.25) is 0 Å². The van der Waals surface area contributed by atoms with Crippen LogP contribution in [-0.2, 0) is 13.0 Å². The molecule has 5 heteroatoms. The Morgan fingerprint density at radius 3 is 2.67 bits per heavy atom. The fourth-order valence-corrected chi connectivity index (χ4v) is 5.01. The molecule has 0 radical (unpaired) electrons. The fourth-order valence-electron chi connectivity index (χ4n) is 5.01. The van der Waals surface area contributed by atoms with Crippen LogP contribution in [-0.4, -0.2) is 38.4 Å². The zero-order valence-corrected chi connectivity index (χ0v) is 19.2. The maximum Gasteiger partial charge on any atom is 0.254 e. The first-order valence-electron chi connectivity index (χ1n) is 11.9. The Hall–Kier alpha value is -3.47. The topological polar surface area (TPSA) is 51.0 Å². The normalized spacial score (nSPS) is 16.6. The Morgan fingerprint density at radius 1 is 0.939 bits per heavy atom. The van der Waals surface area contributed by atoms with E-state index in [1.54, 1.807) is 6.20 Å². The number of amides is 1. The zero-order chi connectivity index (χ0) is 22.6. The number of pyridine rings is 1. The summed E-state index contributed by atoms with van der Waals surface area (Å²) in [5.41, 5.74) is 4.29. The van der Waals surface area contributed by atoms with E-state index in [0.29, 0.717) is 12.5 Å². The number of carbonyl (C=O) groups is 1. The minimum atomic E-state index is 0.151. The van der Waals surface area contributed by atoms with Gasteiger partial charge in [0.15, 0.2) is 0 Å². The summed E-state index contributed by atoms with van der Waals surface area (Å²) in [6.07, 6.45) is 9.96. The van der Waals surface area contributed by atoms with Gasteiger partial charge in [-0.1, -0.05) is 36.4 Å². The van der Waals surface area contributed by atoms with Crippen LogP contribution in [0.15, 0.2) is 73.2 Å². The second-order valence-electron chi connectivity index (χ2n) is 9.04. The van der Waals surface area contributed by atoms with Crippen LogP contribution in [0.2, 0.25) is 0 Å². The summed E-state index contributed by atoms with van der Waals surface area (Å²) < 4.78 is 2.09. The van der Waals surface area contributed by atoms with Gasteiger partial charge in [-0.05, 0) is 67.9 Å². The van der Waals surface area contributed by atoms with E-state index in [4.69, 9.17) is 0 Å². The van der Waals surface area contributed by atoms with Crippen molar-refractivity contribution in [2.75, 3.05) is 13.1 Å². The van der Waals surface area contributed by atoms with Gasteiger partial charge in [-0.3, -0.25) is 9.78 Å². The van der Waals surface area contributed by atoms with Gasteiger partial charge in [-0.15, -0.1) is 0 Å². The number of carbonyl (C=O) groups excluding carboxylic acids is 1. The van der Waals surface area contributed by atoms with Gasteiger partial charge in [0.25, 0.3) is 5.91 Å². The monoisotopic (exact) mass is 438 g/mol. The van der Waals surface area contributed by atoms with E-state index in [-0.39, 0.29) is 5.91 Å². The highest BCUT2D eigenvalue weighted by molar-refractivity contribution is 5.95. The molecule has 2 aromatic heterocycles. The highest BCUT2D eigenvalue weighted by Crippen LogP contribution is 2.26. The Labute approximate surface area is 195 Å². The molecule has 168 valence electrons. The maximum atomic E-state index is 13.5. The third-order valence-corrected chi connectivity index (χ3v) is 6.89. The fraction of sp³-hybridized carbons (Fsp3) is 0.321. The second kappa shape index (κ2) is 9.57. The van der Waals surface area contributed by atoms with Crippen LogP contribution in [0.25, 0.3) is 10.9 Å². The van der Waals surface area contributed by atoms with Gasteiger partial charge >= 0.3 is 0 Å². The molecule has 0 unspecified atom stereocenters. The van der Waals surface area contributed by atoms with Crippen molar-refractivity contribution in [3.63, 3.8) is 0 Å². The molecule has 1 aliphatic rings. The maximum absolute atomic E-state index is 13.5. The van der Waals surface area contributed by atoms with Crippen LogP contribution < -0.4 is 0 Å². The molecule has 1 saturated heterocycles. The number of benzene rings is 2. The zero-order valence-electron chi connectivity index (χ0n) is 19.2. The highest BCUT2D eigenvalue weighted by Gasteiger charge is 2.24. The number of hydrogen-bond donors (Lipinski definition) is 0. The van der Waals surface area contributed by atoms with E-state index in [0.717, 1.165) is 61.2 Å². The van der Waals surface area contributed by atoms with Gasteiger partial charge in [0.1, 0.15) is 5.82 Å². The molecule has 1 fully saturated rings. The van der Waals surface area contributed by atoms with Crippen LogP contribution in [0.3, 0.4) is 0 Å². The number of hydrogen-bond acceptors (Lipinski definition) is 3. The van der Waals surface area contributed by atoms with E-state index in [2.05, 4.69) is 49.8 Å². The van der Waals surface area contributed by atoms with E-state index in [9.17, 15) is 4.79 Å². The number of aryl methyl sites for hydroxylation is 1. The summed E-state index contributed by atoms with van der Waals surface area (Å²) >= 11 is 0. The standard InChI is InChI=1S/C28H30N4O/c1-21-29-15-18-32(21)20-24-8-2-3-10-26(24)28(33)31-16-6-7-22(13-17-31)19-23-12-14-30-27-11-5-4-9-25(23)27/h2-5,8-12,14-15,18,22H,6-7,13,16-17,19-20H2,1H3/t22-/m1/s1. The minimum absolute atomic E-state index is 0.151. The van der Waals surface area contributed by atoms with Gasteiger partial charge in [-0.2, -0.15) is 0 Å². The molecule has 33 heavy (non-hydrogen) atoms. The summed E-state index contributed by atoms with van der Waals surface area (Å²) in [6, 6.07) is 18.5. The molecule has 0 bridgehead atoms. The van der Waals surface area contributed by atoms with Crippen molar-refractivity contribution in [3.05, 3.63) is 95.7 Å². The molecule has 2 aromatic carbocycles. The van der Waals surface area contributed by atoms with Crippen LogP contribution in [0.5, 0.6) is 0 Å². The van der Waals surface area contributed by atoms with Crippen LogP contribution in [0.1, 0.15) is 46.6 Å². The van der Waals surface area contributed by atoms with E-state index in [1.165, 1.54) is 10.9 Å². The number of para-hydroxylation sites is 1. The average Bonchev–Trinajstić information content (AvgIpc) is 3.10. The van der Waals surface area contributed by atoms with E-state index < -0.39 is 0 Å². The number of fused-ring (bicyclic) bond motifs is 1. The third-order valence-electron chi connectivity index (χ3n) is 6.89. The van der Waals surface area contributed by atoms with Gasteiger partial charge < -0.3 is 9.47 Å². The minimum Gasteiger partial charge on any atom is -0.339 e. The van der Waals surface area contributed by atoms with Crippen molar-refractivity contribution in [2.24, 2.45) is 5.92 Å². The molecule has 4 aromatic rings. The number of rotatable bonds is 5. The number of likely N-dealkylation sites (tertiary alicyclic amines) is 1. The van der Waals surface area contributed by atoms with Crippen molar-refractivity contribution in [3.8, 4) is 0 Å². The van der Waals surface area contributed by atoms with Crippen molar-refractivity contribution < 1.29 is 4.79 Å². The van der Waals surface area contributed by atoms with Crippen molar-refractivity contribution in [1.29, 1.82) is 0 Å². The molecule has 0 spiro atoms. The smallest absolute Gasteiger partial charge is 0.254 e. The molecule has 0 aliphatic carbocycles. The average molecular weight is 439 g/mol. The summed E-state index contributed by atoms with van der Waals surface area (Å²) in [5, 5.41) is 1.25. The third kappa shape index (κ3) is 4.68. The largest absolute Gasteiger partial charge is 0.339 e. The Kier molecular flexibility index (Phi) is 6.20. The first-order valence-corrected chi connectivity index (χ1v) is 11.9. The first-order chi connectivity index (χ1) is 16.2. The number of imidazole rings is 1. The summed E-state index contributed by atoms with van der Waals surface area (Å²) in [5.74, 6) is 1.69. The second-order valence-corrected chi connectivity index (χ2v) is 9.04. The molecule has 1 atom stereocenters. The molecule has 1 amide bonds. The first kappa shape index (κ1) is 21.4.